The Morgan fingerprint density at radius 3 is 2.20 bits per heavy atom. The van der Waals surface area contributed by atoms with Gasteiger partial charge in [-0.05, 0) is 66.9 Å². The van der Waals surface area contributed by atoms with Gasteiger partial charge in [-0.15, -0.1) is 0 Å². The molecule has 150 valence electrons. The van der Waals surface area contributed by atoms with Crippen LogP contribution in [0, 0.1) is 25.5 Å². The average Bonchev–Trinajstić information content (AvgIpc) is 2.96. The van der Waals surface area contributed by atoms with E-state index in [0.717, 1.165) is 22.1 Å². The van der Waals surface area contributed by atoms with Crippen LogP contribution in [0.3, 0.4) is 0 Å². The van der Waals surface area contributed by atoms with Crippen molar-refractivity contribution in [2.45, 2.75) is 13.8 Å². The van der Waals surface area contributed by atoms with E-state index in [1.807, 2.05) is 26.0 Å². The van der Waals surface area contributed by atoms with Gasteiger partial charge in [0.15, 0.2) is 0 Å². The first-order valence-corrected chi connectivity index (χ1v) is 9.34. The number of amides is 2. The van der Waals surface area contributed by atoms with Crippen molar-refractivity contribution >= 4 is 28.8 Å². The summed E-state index contributed by atoms with van der Waals surface area (Å²) < 4.78 is 27.2. The number of aryl methyl sites for hydroxylation is 1. The van der Waals surface area contributed by atoms with E-state index >= 15 is 0 Å². The summed E-state index contributed by atoms with van der Waals surface area (Å²) in [7, 11) is 0. The Morgan fingerprint density at radius 1 is 0.800 bits per heavy atom. The number of imide groups is 1. The molecule has 0 aromatic heterocycles. The van der Waals surface area contributed by atoms with Crippen molar-refractivity contribution < 1.29 is 18.4 Å². The van der Waals surface area contributed by atoms with Crippen molar-refractivity contribution in [3.05, 3.63) is 101 Å². The lowest BCUT2D eigenvalue weighted by atomic mass is 10.0. The lowest BCUT2D eigenvalue weighted by Gasteiger charge is -2.16. The molecule has 1 aliphatic rings. The highest BCUT2D eigenvalue weighted by Gasteiger charge is 2.40. The third-order valence-corrected chi connectivity index (χ3v) is 5.15. The molecule has 1 heterocycles. The Balaban J connectivity index is 1.86. The minimum absolute atomic E-state index is 0.0598. The Hall–Kier alpha value is -3.80. The van der Waals surface area contributed by atoms with Crippen LogP contribution in [0.5, 0.6) is 0 Å². The summed E-state index contributed by atoms with van der Waals surface area (Å²) in [6, 6.07) is 16.2. The lowest BCUT2D eigenvalue weighted by molar-refractivity contribution is -0.120. The molecule has 3 aromatic rings. The predicted molar refractivity (Wildman–Crippen MR) is 112 cm³/mol. The molecule has 0 saturated heterocycles. The van der Waals surface area contributed by atoms with E-state index in [9.17, 15) is 18.4 Å². The molecule has 0 bridgehead atoms. The highest BCUT2D eigenvalue weighted by atomic mass is 19.1. The molecule has 0 spiro atoms. The molecule has 30 heavy (non-hydrogen) atoms. The largest absolute Gasteiger partial charge is 0.350 e. The molecular formula is C24H18F2N2O2. The van der Waals surface area contributed by atoms with Gasteiger partial charge in [0.2, 0.25) is 0 Å². The van der Waals surface area contributed by atoms with Gasteiger partial charge in [-0.2, -0.15) is 0 Å². The standard InChI is InChI=1S/C24H18F2N2O2/c1-14-5-3-8-20(15(14)2)27-22-21(16-9-11-17(25)12-10-16)23(29)28(24(22)30)19-7-4-6-18(26)13-19/h3-13,27H,1-2H3. The van der Waals surface area contributed by atoms with Crippen molar-refractivity contribution in [2.75, 3.05) is 10.2 Å². The van der Waals surface area contributed by atoms with Gasteiger partial charge in [-0.3, -0.25) is 9.59 Å². The molecule has 0 aliphatic carbocycles. The van der Waals surface area contributed by atoms with Crippen molar-refractivity contribution in [1.82, 2.24) is 0 Å². The minimum atomic E-state index is -0.606. The first-order chi connectivity index (χ1) is 14.4. The number of nitrogens with zero attached hydrogens (tertiary/aromatic N) is 1. The number of carbonyl (C=O) groups is 2. The summed E-state index contributed by atoms with van der Waals surface area (Å²) in [6.45, 7) is 3.85. The monoisotopic (exact) mass is 404 g/mol. The first-order valence-electron chi connectivity index (χ1n) is 9.34. The summed E-state index contributed by atoms with van der Waals surface area (Å²) in [5.41, 5.74) is 3.29. The van der Waals surface area contributed by atoms with Gasteiger partial charge in [-0.1, -0.05) is 30.3 Å². The number of hydrogen-bond donors (Lipinski definition) is 1. The van der Waals surface area contributed by atoms with E-state index in [0.29, 0.717) is 11.3 Å². The van der Waals surface area contributed by atoms with Crippen LogP contribution >= 0.6 is 0 Å². The van der Waals surface area contributed by atoms with E-state index in [4.69, 9.17) is 0 Å². The van der Waals surface area contributed by atoms with Gasteiger partial charge in [0, 0.05) is 5.69 Å². The van der Waals surface area contributed by atoms with Gasteiger partial charge in [-0.25, -0.2) is 13.7 Å². The fourth-order valence-electron chi connectivity index (χ4n) is 3.40. The van der Waals surface area contributed by atoms with Crippen LogP contribution in [-0.2, 0) is 9.59 Å². The van der Waals surface area contributed by atoms with Crippen LogP contribution in [0.4, 0.5) is 20.2 Å². The summed E-state index contributed by atoms with van der Waals surface area (Å²) >= 11 is 0. The number of rotatable bonds is 4. The maximum absolute atomic E-state index is 13.8. The summed E-state index contributed by atoms with van der Waals surface area (Å²) in [5, 5.41) is 3.09. The molecule has 0 unspecified atom stereocenters. The number of nitrogens with one attached hydrogen (secondary N) is 1. The normalized spacial score (nSPS) is 13.9. The lowest BCUT2D eigenvalue weighted by Crippen LogP contribution is -2.32. The van der Waals surface area contributed by atoms with Gasteiger partial charge in [0.25, 0.3) is 11.8 Å². The Kier molecular flexibility index (Phi) is 4.91. The number of halogens is 2. The number of carbonyl (C=O) groups excluding carboxylic acids is 2. The summed E-state index contributed by atoms with van der Waals surface area (Å²) in [6.07, 6.45) is 0. The quantitative estimate of drug-likeness (QED) is 0.624. The van der Waals surface area contributed by atoms with Crippen molar-refractivity contribution in [3.63, 3.8) is 0 Å². The topological polar surface area (TPSA) is 49.4 Å². The van der Waals surface area contributed by atoms with Crippen LogP contribution < -0.4 is 10.2 Å². The number of hydrogen-bond acceptors (Lipinski definition) is 3. The van der Waals surface area contributed by atoms with Crippen LogP contribution in [-0.4, -0.2) is 11.8 Å². The molecule has 0 radical (unpaired) electrons. The first kappa shape index (κ1) is 19.5. The van der Waals surface area contributed by atoms with E-state index in [1.54, 1.807) is 6.07 Å². The zero-order valence-corrected chi connectivity index (χ0v) is 16.4. The molecule has 4 rings (SSSR count). The van der Waals surface area contributed by atoms with Crippen LogP contribution in [0.15, 0.2) is 72.4 Å². The molecule has 0 fully saturated rings. The smallest absolute Gasteiger partial charge is 0.282 e. The highest BCUT2D eigenvalue weighted by molar-refractivity contribution is 6.46. The van der Waals surface area contributed by atoms with Gasteiger partial charge in [0.05, 0.1) is 11.3 Å². The van der Waals surface area contributed by atoms with E-state index in [1.165, 1.54) is 42.5 Å². The Labute approximate surface area is 172 Å². The van der Waals surface area contributed by atoms with Crippen molar-refractivity contribution in [1.29, 1.82) is 0 Å². The third kappa shape index (κ3) is 3.37. The predicted octanol–water partition coefficient (Wildman–Crippen LogP) is 4.98. The third-order valence-electron chi connectivity index (χ3n) is 5.15. The summed E-state index contributed by atoms with van der Waals surface area (Å²) in [4.78, 5) is 27.4. The van der Waals surface area contributed by atoms with E-state index in [-0.39, 0.29) is 17.0 Å². The average molecular weight is 404 g/mol. The molecular weight excluding hydrogens is 386 g/mol. The fraction of sp³-hybridized carbons (Fsp3) is 0.0833. The minimum Gasteiger partial charge on any atom is -0.350 e. The molecule has 6 heteroatoms. The van der Waals surface area contributed by atoms with Crippen molar-refractivity contribution in [3.8, 4) is 0 Å². The molecule has 0 atom stereocenters. The van der Waals surface area contributed by atoms with Crippen molar-refractivity contribution in [2.24, 2.45) is 0 Å². The van der Waals surface area contributed by atoms with Crippen LogP contribution in [0.1, 0.15) is 16.7 Å². The van der Waals surface area contributed by atoms with E-state index < -0.39 is 23.4 Å². The number of benzene rings is 3. The maximum Gasteiger partial charge on any atom is 0.282 e. The SMILES string of the molecule is Cc1cccc(NC2=C(c3ccc(F)cc3)C(=O)N(c3cccc(F)c3)C2=O)c1C. The molecule has 2 amide bonds. The fourth-order valence-corrected chi connectivity index (χ4v) is 3.40. The van der Waals surface area contributed by atoms with Gasteiger partial charge in [0.1, 0.15) is 17.3 Å². The van der Waals surface area contributed by atoms with Gasteiger partial charge < -0.3 is 5.32 Å². The second-order valence-corrected chi connectivity index (χ2v) is 7.05. The van der Waals surface area contributed by atoms with Crippen LogP contribution in [0.25, 0.3) is 5.57 Å². The second kappa shape index (κ2) is 7.55. The zero-order chi connectivity index (χ0) is 21.4. The molecule has 0 saturated carbocycles. The Morgan fingerprint density at radius 2 is 1.50 bits per heavy atom. The zero-order valence-electron chi connectivity index (χ0n) is 16.4. The Bertz CT molecular complexity index is 1200. The number of anilines is 2. The molecule has 1 N–H and O–H groups in total. The molecule has 4 nitrogen and oxygen atoms in total. The van der Waals surface area contributed by atoms with Crippen LogP contribution in [0.2, 0.25) is 0 Å². The summed E-state index contributed by atoms with van der Waals surface area (Å²) in [5.74, 6) is -2.23. The van der Waals surface area contributed by atoms with Gasteiger partial charge >= 0.3 is 0 Å². The highest BCUT2D eigenvalue weighted by Crippen LogP contribution is 2.34. The molecule has 3 aromatic carbocycles. The van der Waals surface area contributed by atoms with E-state index in [2.05, 4.69) is 5.32 Å². The maximum atomic E-state index is 13.8. The second-order valence-electron chi connectivity index (χ2n) is 7.05. The molecule has 1 aliphatic heterocycles.